The maximum Gasteiger partial charge on any atom is 0.227 e. The van der Waals surface area contributed by atoms with Gasteiger partial charge in [0.25, 0.3) is 0 Å². The average Bonchev–Trinajstić information content (AvgIpc) is 3.08. The molecule has 3 aromatic rings. The first kappa shape index (κ1) is 16.3. The van der Waals surface area contributed by atoms with Crippen molar-refractivity contribution in [1.29, 1.82) is 0 Å². The second-order valence-electron chi connectivity index (χ2n) is 6.38. The summed E-state index contributed by atoms with van der Waals surface area (Å²) in [4.78, 5) is 20.1. The van der Waals surface area contributed by atoms with Crippen LogP contribution in [-0.4, -0.2) is 27.0 Å². The van der Waals surface area contributed by atoms with Gasteiger partial charge in [0, 0.05) is 36.5 Å². The first-order valence-electron chi connectivity index (χ1n) is 8.43. The lowest BCUT2D eigenvalue weighted by molar-refractivity contribution is 0.414. The van der Waals surface area contributed by atoms with E-state index in [1.807, 2.05) is 37.4 Å². The molecule has 7 nitrogen and oxygen atoms in total. The zero-order chi connectivity index (χ0) is 18.1. The lowest BCUT2D eigenvalue weighted by atomic mass is 10.1. The summed E-state index contributed by atoms with van der Waals surface area (Å²) in [5.41, 5.74) is 10.1. The van der Waals surface area contributed by atoms with Gasteiger partial charge in [-0.25, -0.2) is 15.0 Å². The normalized spacial score (nSPS) is 12.9. The maximum atomic E-state index is 5.91. The quantitative estimate of drug-likeness (QED) is 0.773. The first-order chi connectivity index (χ1) is 12.6. The SMILES string of the molecule is COc1ccc(Cc2ncc3c(n2)CN(c2ncc(C)c(N)n2)C3)cc1. The van der Waals surface area contributed by atoms with Gasteiger partial charge in [-0.1, -0.05) is 12.1 Å². The molecule has 0 bridgehead atoms. The molecular weight excluding hydrogens is 328 g/mol. The van der Waals surface area contributed by atoms with Gasteiger partial charge in [-0.2, -0.15) is 4.98 Å². The van der Waals surface area contributed by atoms with Gasteiger partial charge in [0.05, 0.1) is 19.3 Å². The highest BCUT2D eigenvalue weighted by Crippen LogP contribution is 2.25. The van der Waals surface area contributed by atoms with E-state index in [1.54, 1.807) is 13.3 Å². The maximum absolute atomic E-state index is 5.91. The molecular formula is C19H20N6O. The average molecular weight is 348 g/mol. The van der Waals surface area contributed by atoms with E-state index in [0.717, 1.165) is 34.0 Å². The number of nitrogens with two attached hydrogens (primary N) is 1. The van der Waals surface area contributed by atoms with E-state index in [9.17, 15) is 0 Å². The highest BCUT2D eigenvalue weighted by atomic mass is 16.5. The number of rotatable bonds is 4. The topological polar surface area (TPSA) is 90.1 Å². The summed E-state index contributed by atoms with van der Waals surface area (Å²) in [6.07, 6.45) is 4.34. The van der Waals surface area contributed by atoms with Crippen LogP contribution in [0.2, 0.25) is 0 Å². The molecule has 26 heavy (non-hydrogen) atoms. The number of fused-ring (bicyclic) bond motifs is 1. The lowest BCUT2D eigenvalue weighted by Crippen LogP contribution is -2.18. The van der Waals surface area contributed by atoms with Crippen molar-refractivity contribution < 1.29 is 4.74 Å². The second kappa shape index (κ2) is 6.59. The van der Waals surface area contributed by atoms with Crippen LogP contribution in [0.1, 0.15) is 28.2 Å². The Kier molecular flexibility index (Phi) is 4.12. The summed E-state index contributed by atoms with van der Waals surface area (Å²) in [6.45, 7) is 3.26. The third-order valence-electron chi connectivity index (χ3n) is 4.51. The molecule has 1 aliphatic rings. The van der Waals surface area contributed by atoms with Crippen LogP contribution in [0.4, 0.5) is 11.8 Å². The number of hydrogen-bond donors (Lipinski definition) is 1. The van der Waals surface area contributed by atoms with E-state index < -0.39 is 0 Å². The van der Waals surface area contributed by atoms with Gasteiger partial charge >= 0.3 is 0 Å². The Labute approximate surface area is 151 Å². The first-order valence-corrected chi connectivity index (χ1v) is 8.43. The number of aryl methyl sites for hydroxylation is 1. The smallest absolute Gasteiger partial charge is 0.227 e. The van der Waals surface area contributed by atoms with E-state index >= 15 is 0 Å². The van der Waals surface area contributed by atoms with Crippen LogP contribution in [0, 0.1) is 6.92 Å². The lowest BCUT2D eigenvalue weighted by Gasteiger charge is -2.15. The summed E-state index contributed by atoms with van der Waals surface area (Å²) in [6, 6.07) is 7.96. The van der Waals surface area contributed by atoms with Crippen molar-refractivity contribution in [2.45, 2.75) is 26.4 Å². The van der Waals surface area contributed by atoms with Gasteiger partial charge in [0.2, 0.25) is 5.95 Å². The molecule has 4 rings (SSSR count). The minimum absolute atomic E-state index is 0.511. The molecule has 7 heteroatoms. The summed E-state index contributed by atoms with van der Waals surface area (Å²) in [7, 11) is 1.66. The van der Waals surface area contributed by atoms with Crippen LogP contribution in [0.3, 0.4) is 0 Å². The molecule has 0 unspecified atom stereocenters. The van der Waals surface area contributed by atoms with Crippen molar-refractivity contribution in [3.8, 4) is 5.75 Å². The van der Waals surface area contributed by atoms with Crippen molar-refractivity contribution in [1.82, 2.24) is 19.9 Å². The molecule has 2 N–H and O–H groups in total. The van der Waals surface area contributed by atoms with Crippen LogP contribution in [0.15, 0.2) is 36.7 Å². The minimum Gasteiger partial charge on any atom is -0.497 e. The number of nitrogen functional groups attached to an aromatic ring is 1. The molecule has 0 fully saturated rings. The number of methoxy groups -OCH3 is 1. The van der Waals surface area contributed by atoms with E-state index in [2.05, 4.69) is 19.9 Å². The Bertz CT molecular complexity index is 941. The van der Waals surface area contributed by atoms with Gasteiger partial charge in [0.1, 0.15) is 17.4 Å². The predicted octanol–water partition coefficient (Wildman–Crippen LogP) is 2.28. The number of ether oxygens (including phenoxy) is 1. The molecule has 1 aromatic carbocycles. The summed E-state index contributed by atoms with van der Waals surface area (Å²) in [5.74, 6) is 2.79. The fraction of sp³-hybridized carbons (Fsp3) is 0.263. The zero-order valence-electron chi connectivity index (χ0n) is 14.8. The number of anilines is 2. The van der Waals surface area contributed by atoms with Gasteiger partial charge in [-0.3, -0.25) is 0 Å². The van der Waals surface area contributed by atoms with Gasteiger partial charge < -0.3 is 15.4 Å². The largest absolute Gasteiger partial charge is 0.497 e. The second-order valence-corrected chi connectivity index (χ2v) is 6.38. The van der Waals surface area contributed by atoms with Crippen molar-refractivity contribution >= 4 is 11.8 Å². The standard InChI is InChI=1S/C19H20N6O/c1-12-8-22-19(24-18(12)20)25-10-14-9-21-17(23-16(14)11-25)7-13-3-5-15(26-2)6-4-13/h3-6,8-9H,7,10-11H2,1-2H3,(H2,20,22,24). The Morgan fingerprint density at radius 2 is 1.88 bits per heavy atom. The number of benzene rings is 1. The molecule has 1 aliphatic heterocycles. The monoisotopic (exact) mass is 348 g/mol. The highest BCUT2D eigenvalue weighted by molar-refractivity contribution is 5.46. The summed E-state index contributed by atoms with van der Waals surface area (Å²) < 4.78 is 5.19. The molecule has 132 valence electrons. The van der Waals surface area contributed by atoms with Crippen LogP contribution in [0.25, 0.3) is 0 Å². The molecule has 2 aromatic heterocycles. The van der Waals surface area contributed by atoms with E-state index in [-0.39, 0.29) is 0 Å². The summed E-state index contributed by atoms with van der Waals surface area (Å²) >= 11 is 0. The number of aromatic nitrogens is 4. The molecule has 3 heterocycles. The van der Waals surface area contributed by atoms with Crippen LogP contribution >= 0.6 is 0 Å². The Morgan fingerprint density at radius 1 is 1.08 bits per heavy atom. The number of nitrogens with zero attached hydrogens (tertiary/aromatic N) is 5. The molecule has 0 atom stereocenters. The Morgan fingerprint density at radius 3 is 2.62 bits per heavy atom. The highest BCUT2D eigenvalue weighted by Gasteiger charge is 2.23. The zero-order valence-corrected chi connectivity index (χ0v) is 14.8. The molecule has 0 amide bonds. The fourth-order valence-electron chi connectivity index (χ4n) is 2.95. The van der Waals surface area contributed by atoms with Crippen LogP contribution in [0.5, 0.6) is 5.75 Å². The number of hydrogen-bond acceptors (Lipinski definition) is 7. The van der Waals surface area contributed by atoms with Gasteiger partial charge in [-0.15, -0.1) is 0 Å². The molecule has 0 spiro atoms. The van der Waals surface area contributed by atoms with E-state index in [0.29, 0.717) is 31.3 Å². The van der Waals surface area contributed by atoms with Crippen molar-refractivity contribution in [3.05, 3.63) is 64.9 Å². The third-order valence-corrected chi connectivity index (χ3v) is 4.51. The Hall–Kier alpha value is -3.22. The van der Waals surface area contributed by atoms with Crippen LogP contribution in [-0.2, 0) is 19.5 Å². The van der Waals surface area contributed by atoms with Crippen molar-refractivity contribution in [2.24, 2.45) is 0 Å². The van der Waals surface area contributed by atoms with E-state index in [1.165, 1.54) is 0 Å². The predicted molar refractivity (Wildman–Crippen MR) is 98.9 cm³/mol. The van der Waals surface area contributed by atoms with E-state index in [4.69, 9.17) is 15.5 Å². The molecule has 0 aliphatic carbocycles. The van der Waals surface area contributed by atoms with Crippen molar-refractivity contribution in [3.63, 3.8) is 0 Å². The van der Waals surface area contributed by atoms with Crippen LogP contribution < -0.4 is 15.4 Å². The fourth-order valence-corrected chi connectivity index (χ4v) is 2.95. The third kappa shape index (κ3) is 3.15. The minimum atomic E-state index is 0.511. The Balaban J connectivity index is 1.51. The molecule has 0 saturated carbocycles. The molecule has 0 saturated heterocycles. The van der Waals surface area contributed by atoms with Gasteiger partial charge in [0.15, 0.2) is 0 Å². The summed E-state index contributed by atoms with van der Waals surface area (Å²) in [5, 5.41) is 0. The molecule has 0 radical (unpaired) electrons. The van der Waals surface area contributed by atoms with Gasteiger partial charge in [-0.05, 0) is 24.6 Å². The van der Waals surface area contributed by atoms with Crippen molar-refractivity contribution in [2.75, 3.05) is 17.7 Å².